The van der Waals surface area contributed by atoms with E-state index in [0.29, 0.717) is 28.0 Å². The van der Waals surface area contributed by atoms with Gasteiger partial charge in [-0.3, -0.25) is 4.79 Å². The normalized spacial score (nSPS) is 10.8. The van der Waals surface area contributed by atoms with Crippen molar-refractivity contribution in [2.75, 3.05) is 5.32 Å². The highest BCUT2D eigenvalue weighted by molar-refractivity contribution is 6.35. The summed E-state index contributed by atoms with van der Waals surface area (Å²) >= 11 is 12.0. The van der Waals surface area contributed by atoms with Crippen molar-refractivity contribution in [1.29, 1.82) is 0 Å². The Hall–Kier alpha value is -2.75. The Labute approximate surface area is 174 Å². The molecule has 1 N–H and O–H groups in total. The van der Waals surface area contributed by atoms with Crippen LogP contribution in [0.4, 0.5) is 5.69 Å². The smallest absolute Gasteiger partial charge is 0.187 e. The molecule has 0 aliphatic rings. The van der Waals surface area contributed by atoms with Crippen LogP contribution in [-0.2, 0) is 6.61 Å². The summed E-state index contributed by atoms with van der Waals surface area (Å²) in [5, 5.41) is 4.24. The van der Waals surface area contributed by atoms with Gasteiger partial charge < -0.3 is 10.1 Å². The SMILES string of the molecule is Cc1cccc(NC=CC(=O)c2ccc(OCc3ccc(Cl)cc3Cl)cc2)c1. The van der Waals surface area contributed by atoms with E-state index in [-0.39, 0.29) is 5.78 Å². The molecule has 0 amide bonds. The highest BCUT2D eigenvalue weighted by Gasteiger charge is 2.05. The molecule has 0 fully saturated rings. The van der Waals surface area contributed by atoms with E-state index in [1.54, 1.807) is 42.6 Å². The van der Waals surface area contributed by atoms with E-state index in [1.165, 1.54) is 6.08 Å². The van der Waals surface area contributed by atoms with Crippen LogP contribution < -0.4 is 10.1 Å². The summed E-state index contributed by atoms with van der Waals surface area (Å²) in [6.07, 6.45) is 3.15. The van der Waals surface area contributed by atoms with Gasteiger partial charge in [0.2, 0.25) is 0 Å². The number of benzene rings is 3. The standard InChI is InChI=1S/C23H19Cl2NO2/c1-16-3-2-4-20(13-16)26-12-11-23(27)17-6-9-21(10-7-17)28-15-18-5-8-19(24)14-22(18)25/h2-14,26H,15H2,1H3. The lowest BCUT2D eigenvalue weighted by Crippen LogP contribution is -1.99. The first-order valence-electron chi connectivity index (χ1n) is 8.72. The molecule has 3 nitrogen and oxygen atoms in total. The minimum atomic E-state index is -0.0903. The first-order valence-corrected chi connectivity index (χ1v) is 9.48. The van der Waals surface area contributed by atoms with Gasteiger partial charge >= 0.3 is 0 Å². The third kappa shape index (κ3) is 5.62. The van der Waals surface area contributed by atoms with Crippen molar-refractivity contribution in [3.8, 4) is 5.75 Å². The fraction of sp³-hybridized carbons (Fsp3) is 0.0870. The van der Waals surface area contributed by atoms with Crippen LogP contribution in [0.25, 0.3) is 0 Å². The van der Waals surface area contributed by atoms with Gasteiger partial charge in [-0.15, -0.1) is 0 Å². The van der Waals surface area contributed by atoms with Crippen molar-refractivity contribution < 1.29 is 9.53 Å². The van der Waals surface area contributed by atoms with E-state index in [2.05, 4.69) is 5.32 Å². The van der Waals surface area contributed by atoms with Gasteiger partial charge in [-0.1, -0.05) is 41.4 Å². The van der Waals surface area contributed by atoms with Crippen LogP contribution in [0.5, 0.6) is 5.75 Å². The predicted molar refractivity (Wildman–Crippen MR) is 116 cm³/mol. The van der Waals surface area contributed by atoms with Crippen LogP contribution in [0.15, 0.2) is 79.0 Å². The molecule has 0 unspecified atom stereocenters. The van der Waals surface area contributed by atoms with E-state index in [0.717, 1.165) is 16.8 Å². The Kier molecular flexibility index (Phi) is 6.75. The topological polar surface area (TPSA) is 38.3 Å². The molecule has 0 aliphatic heterocycles. The summed E-state index contributed by atoms with van der Waals surface area (Å²) in [6.45, 7) is 2.34. The van der Waals surface area contributed by atoms with E-state index in [1.807, 2.05) is 37.3 Å². The zero-order valence-electron chi connectivity index (χ0n) is 15.3. The van der Waals surface area contributed by atoms with Gasteiger partial charge in [0, 0.05) is 39.1 Å². The summed E-state index contributed by atoms with van der Waals surface area (Å²) in [4.78, 5) is 12.3. The summed E-state index contributed by atoms with van der Waals surface area (Å²) in [5.74, 6) is 0.567. The molecule has 3 rings (SSSR count). The van der Waals surface area contributed by atoms with Crippen molar-refractivity contribution in [1.82, 2.24) is 0 Å². The number of hydrogen-bond donors (Lipinski definition) is 1. The number of carbonyl (C=O) groups excluding carboxylic acids is 1. The van der Waals surface area contributed by atoms with E-state index in [4.69, 9.17) is 27.9 Å². The van der Waals surface area contributed by atoms with Crippen LogP contribution in [0.1, 0.15) is 21.5 Å². The van der Waals surface area contributed by atoms with Gasteiger partial charge in [-0.05, 0) is 61.0 Å². The molecule has 142 valence electrons. The minimum Gasteiger partial charge on any atom is -0.489 e. The minimum absolute atomic E-state index is 0.0903. The number of ketones is 1. The van der Waals surface area contributed by atoms with Gasteiger partial charge in [-0.2, -0.15) is 0 Å². The lowest BCUT2D eigenvalue weighted by molar-refractivity contribution is 0.104. The largest absolute Gasteiger partial charge is 0.489 e. The molecule has 0 saturated carbocycles. The van der Waals surface area contributed by atoms with Gasteiger partial charge in [-0.25, -0.2) is 0 Å². The lowest BCUT2D eigenvalue weighted by Gasteiger charge is -2.08. The third-order valence-electron chi connectivity index (χ3n) is 4.05. The molecule has 3 aromatic rings. The van der Waals surface area contributed by atoms with Crippen LogP contribution in [0.3, 0.4) is 0 Å². The Morgan fingerprint density at radius 2 is 1.82 bits per heavy atom. The third-order valence-corrected chi connectivity index (χ3v) is 4.64. The number of rotatable bonds is 7. The van der Waals surface area contributed by atoms with Crippen LogP contribution >= 0.6 is 23.2 Å². The molecular formula is C23H19Cl2NO2. The van der Waals surface area contributed by atoms with Crippen molar-refractivity contribution in [2.45, 2.75) is 13.5 Å². The maximum atomic E-state index is 12.3. The zero-order valence-corrected chi connectivity index (χ0v) is 16.8. The molecular weight excluding hydrogens is 393 g/mol. The van der Waals surface area contributed by atoms with Crippen molar-refractivity contribution in [3.05, 3.63) is 106 Å². The van der Waals surface area contributed by atoms with Crippen molar-refractivity contribution >= 4 is 34.7 Å². The summed E-state index contributed by atoms with van der Waals surface area (Å²) in [5.41, 5.74) is 3.52. The summed E-state index contributed by atoms with van der Waals surface area (Å²) in [7, 11) is 0. The quantitative estimate of drug-likeness (QED) is 0.347. The maximum absolute atomic E-state index is 12.3. The molecule has 0 heterocycles. The van der Waals surface area contributed by atoms with Gasteiger partial charge in [0.25, 0.3) is 0 Å². The molecule has 0 spiro atoms. The molecule has 0 radical (unpaired) electrons. The summed E-state index contributed by atoms with van der Waals surface area (Å²) < 4.78 is 5.73. The highest BCUT2D eigenvalue weighted by atomic mass is 35.5. The molecule has 0 bridgehead atoms. The van der Waals surface area contributed by atoms with Crippen LogP contribution in [0.2, 0.25) is 10.0 Å². The number of ether oxygens (including phenoxy) is 1. The predicted octanol–water partition coefficient (Wildman–Crippen LogP) is 6.69. The number of allylic oxidation sites excluding steroid dienone is 1. The molecule has 28 heavy (non-hydrogen) atoms. The molecule has 5 heteroatoms. The second kappa shape index (κ2) is 9.45. The fourth-order valence-electron chi connectivity index (χ4n) is 2.56. The highest BCUT2D eigenvalue weighted by Crippen LogP contribution is 2.23. The second-order valence-corrected chi connectivity index (χ2v) is 7.10. The number of carbonyl (C=O) groups is 1. The van der Waals surface area contributed by atoms with Crippen LogP contribution in [-0.4, -0.2) is 5.78 Å². The lowest BCUT2D eigenvalue weighted by atomic mass is 10.1. The average Bonchev–Trinajstić information content (AvgIpc) is 2.68. The number of hydrogen-bond acceptors (Lipinski definition) is 3. The van der Waals surface area contributed by atoms with E-state index in [9.17, 15) is 4.79 Å². The maximum Gasteiger partial charge on any atom is 0.187 e. The van der Waals surface area contributed by atoms with Crippen molar-refractivity contribution in [3.63, 3.8) is 0 Å². The number of halogens is 2. The zero-order chi connectivity index (χ0) is 19.9. The second-order valence-electron chi connectivity index (χ2n) is 6.26. The Bertz CT molecular complexity index is 998. The summed E-state index contributed by atoms with van der Waals surface area (Å²) in [6, 6.07) is 20.2. The average molecular weight is 412 g/mol. The molecule has 0 saturated heterocycles. The van der Waals surface area contributed by atoms with Gasteiger partial charge in [0.1, 0.15) is 12.4 Å². The number of anilines is 1. The first-order chi connectivity index (χ1) is 13.5. The first kappa shape index (κ1) is 20.0. The fourth-order valence-corrected chi connectivity index (χ4v) is 3.02. The molecule has 0 aromatic heterocycles. The van der Waals surface area contributed by atoms with E-state index < -0.39 is 0 Å². The van der Waals surface area contributed by atoms with Crippen molar-refractivity contribution in [2.24, 2.45) is 0 Å². The van der Waals surface area contributed by atoms with Crippen LogP contribution in [0, 0.1) is 6.92 Å². The molecule has 3 aromatic carbocycles. The monoisotopic (exact) mass is 411 g/mol. The Balaban J connectivity index is 1.55. The number of nitrogens with one attached hydrogen (secondary N) is 1. The van der Waals surface area contributed by atoms with Gasteiger partial charge in [0.05, 0.1) is 0 Å². The molecule has 0 atom stereocenters. The van der Waals surface area contributed by atoms with E-state index >= 15 is 0 Å². The Morgan fingerprint density at radius 1 is 1.04 bits per heavy atom. The number of aryl methyl sites for hydroxylation is 1. The molecule has 0 aliphatic carbocycles. The Morgan fingerprint density at radius 3 is 2.54 bits per heavy atom. The van der Waals surface area contributed by atoms with Gasteiger partial charge in [0.15, 0.2) is 5.78 Å².